The van der Waals surface area contributed by atoms with E-state index < -0.39 is 11.6 Å². The molecule has 1 saturated heterocycles. The van der Waals surface area contributed by atoms with Crippen LogP contribution in [0.15, 0.2) is 24.3 Å². The lowest BCUT2D eigenvalue weighted by Gasteiger charge is -2.27. The summed E-state index contributed by atoms with van der Waals surface area (Å²) in [6.45, 7) is 3.76. The molecule has 0 bridgehead atoms. The molecule has 0 spiro atoms. The van der Waals surface area contributed by atoms with Gasteiger partial charge >= 0.3 is 6.03 Å². The number of carbonyl (C=O) groups is 3. The number of hydrogen-bond acceptors (Lipinski definition) is 3. The molecule has 1 aromatic carbocycles. The van der Waals surface area contributed by atoms with Gasteiger partial charge in [-0.3, -0.25) is 14.5 Å². The highest BCUT2D eigenvalue weighted by Crippen LogP contribution is 2.30. The van der Waals surface area contributed by atoms with E-state index in [4.69, 9.17) is 0 Å². The van der Waals surface area contributed by atoms with Gasteiger partial charge in [0, 0.05) is 0 Å². The highest BCUT2D eigenvalue weighted by Gasteiger charge is 2.50. The first-order valence-electron chi connectivity index (χ1n) is 10.0. The Kier molecular flexibility index (Phi) is 5.82. The van der Waals surface area contributed by atoms with Gasteiger partial charge in [0.2, 0.25) is 5.91 Å². The fraction of sp³-hybridized carbons (Fsp3) is 0.571. The lowest BCUT2D eigenvalue weighted by atomic mass is 9.87. The number of amides is 4. The average molecular weight is 371 g/mol. The molecule has 2 N–H and O–H groups in total. The van der Waals surface area contributed by atoms with E-state index in [9.17, 15) is 14.4 Å². The molecule has 1 heterocycles. The molecule has 3 rings (SSSR count). The van der Waals surface area contributed by atoms with Crippen LogP contribution in [0.4, 0.5) is 4.79 Å². The summed E-state index contributed by atoms with van der Waals surface area (Å²) in [6.07, 6.45) is 5.70. The molecule has 1 aliphatic carbocycles. The first-order valence-corrected chi connectivity index (χ1v) is 10.0. The number of aryl methyl sites for hydroxylation is 1. The van der Waals surface area contributed by atoms with Crippen LogP contribution < -0.4 is 10.6 Å². The molecule has 1 aromatic rings. The monoisotopic (exact) mass is 371 g/mol. The van der Waals surface area contributed by atoms with Crippen molar-refractivity contribution < 1.29 is 14.4 Å². The van der Waals surface area contributed by atoms with Crippen LogP contribution >= 0.6 is 0 Å². The number of nitrogens with one attached hydrogen (secondary N) is 2. The van der Waals surface area contributed by atoms with E-state index in [2.05, 4.69) is 16.7 Å². The Balaban J connectivity index is 1.68. The van der Waals surface area contributed by atoms with Gasteiger partial charge in [-0.2, -0.15) is 0 Å². The SMILES string of the molecule is CCCC1(CCC)NC(=O)N(CC(=O)N[C@@H]2CCCc3ccccc32)C1=O. The van der Waals surface area contributed by atoms with Gasteiger partial charge in [-0.1, -0.05) is 51.0 Å². The molecular formula is C21H29N3O3. The number of nitrogens with zero attached hydrogens (tertiary/aromatic N) is 1. The van der Waals surface area contributed by atoms with Crippen LogP contribution in [0.1, 0.15) is 69.5 Å². The Morgan fingerprint density at radius 3 is 2.63 bits per heavy atom. The van der Waals surface area contributed by atoms with E-state index in [1.165, 1.54) is 5.56 Å². The predicted molar refractivity (Wildman–Crippen MR) is 103 cm³/mol. The Morgan fingerprint density at radius 1 is 1.22 bits per heavy atom. The molecule has 6 nitrogen and oxygen atoms in total. The molecule has 27 heavy (non-hydrogen) atoms. The molecule has 0 radical (unpaired) electrons. The summed E-state index contributed by atoms with van der Waals surface area (Å²) >= 11 is 0. The molecule has 1 aliphatic heterocycles. The van der Waals surface area contributed by atoms with Crippen LogP contribution in [0.25, 0.3) is 0 Å². The van der Waals surface area contributed by atoms with Crippen molar-refractivity contribution in [3.63, 3.8) is 0 Å². The zero-order valence-corrected chi connectivity index (χ0v) is 16.2. The summed E-state index contributed by atoms with van der Waals surface area (Å²) in [5.74, 6) is -0.556. The quantitative estimate of drug-likeness (QED) is 0.723. The predicted octanol–water partition coefficient (Wildman–Crippen LogP) is 3.07. The minimum absolute atomic E-state index is 0.0562. The van der Waals surface area contributed by atoms with Crippen molar-refractivity contribution in [2.24, 2.45) is 0 Å². The Bertz CT molecular complexity index is 725. The number of urea groups is 1. The minimum atomic E-state index is -0.849. The first kappa shape index (κ1) is 19.4. The Morgan fingerprint density at radius 2 is 1.93 bits per heavy atom. The van der Waals surface area contributed by atoms with Gasteiger partial charge in [-0.25, -0.2) is 4.79 Å². The number of fused-ring (bicyclic) bond motifs is 1. The van der Waals surface area contributed by atoms with Gasteiger partial charge in [0.15, 0.2) is 0 Å². The zero-order chi connectivity index (χ0) is 19.4. The molecule has 6 heteroatoms. The van der Waals surface area contributed by atoms with Crippen molar-refractivity contribution >= 4 is 17.8 Å². The molecule has 0 saturated carbocycles. The lowest BCUT2D eigenvalue weighted by Crippen LogP contribution is -2.47. The maximum Gasteiger partial charge on any atom is 0.325 e. The maximum atomic E-state index is 12.9. The van der Waals surface area contributed by atoms with Gasteiger partial charge in [-0.15, -0.1) is 0 Å². The van der Waals surface area contributed by atoms with Crippen LogP contribution in [0.3, 0.4) is 0 Å². The van der Waals surface area contributed by atoms with Crippen molar-refractivity contribution in [3.8, 4) is 0 Å². The Labute approximate surface area is 160 Å². The summed E-state index contributed by atoms with van der Waals surface area (Å²) in [4.78, 5) is 39.0. The summed E-state index contributed by atoms with van der Waals surface area (Å²) in [6, 6.07) is 7.61. The average Bonchev–Trinajstić information content (AvgIpc) is 2.87. The Hall–Kier alpha value is -2.37. The van der Waals surface area contributed by atoms with Crippen LogP contribution in [0, 0.1) is 0 Å². The summed E-state index contributed by atoms with van der Waals surface area (Å²) in [5.41, 5.74) is 1.55. The standard InChI is InChI=1S/C21H29N3O3/c1-3-12-21(13-4-2)19(26)24(20(27)23-21)14-18(25)22-17-11-7-9-15-8-5-6-10-16(15)17/h5-6,8,10,17H,3-4,7,9,11-14H2,1-2H3,(H,22,25)(H,23,27)/t17-/m1/s1. The van der Waals surface area contributed by atoms with Crippen molar-refractivity contribution in [3.05, 3.63) is 35.4 Å². The third-order valence-electron chi connectivity index (χ3n) is 5.61. The fourth-order valence-corrected chi connectivity index (χ4v) is 4.42. The number of imide groups is 1. The summed E-state index contributed by atoms with van der Waals surface area (Å²) in [5, 5.41) is 5.87. The highest BCUT2D eigenvalue weighted by atomic mass is 16.2. The molecule has 0 aromatic heterocycles. The van der Waals surface area contributed by atoms with E-state index in [1.54, 1.807) is 0 Å². The van der Waals surface area contributed by atoms with Gasteiger partial charge in [0.25, 0.3) is 5.91 Å². The third kappa shape index (κ3) is 3.84. The van der Waals surface area contributed by atoms with E-state index in [-0.39, 0.29) is 24.4 Å². The minimum Gasteiger partial charge on any atom is -0.348 e. The van der Waals surface area contributed by atoms with Gasteiger partial charge < -0.3 is 10.6 Å². The first-order chi connectivity index (χ1) is 13.0. The number of rotatable bonds is 7. The number of carbonyl (C=O) groups excluding carboxylic acids is 3. The molecule has 2 aliphatic rings. The second kappa shape index (κ2) is 8.11. The van der Waals surface area contributed by atoms with Crippen molar-refractivity contribution in [1.29, 1.82) is 0 Å². The van der Waals surface area contributed by atoms with Crippen molar-refractivity contribution in [2.75, 3.05) is 6.54 Å². The molecule has 1 atom stereocenters. The summed E-state index contributed by atoms with van der Waals surface area (Å²) < 4.78 is 0. The topological polar surface area (TPSA) is 78.5 Å². The molecule has 1 fully saturated rings. The van der Waals surface area contributed by atoms with Crippen LogP contribution in [-0.4, -0.2) is 34.8 Å². The smallest absolute Gasteiger partial charge is 0.325 e. The van der Waals surface area contributed by atoms with E-state index in [1.807, 2.05) is 32.0 Å². The lowest BCUT2D eigenvalue weighted by molar-refractivity contribution is -0.135. The van der Waals surface area contributed by atoms with Crippen LogP contribution in [0.5, 0.6) is 0 Å². The second-order valence-corrected chi connectivity index (χ2v) is 7.61. The summed E-state index contributed by atoms with van der Waals surface area (Å²) in [7, 11) is 0. The largest absolute Gasteiger partial charge is 0.348 e. The molecule has 146 valence electrons. The van der Waals surface area contributed by atoms with Gasteiger partial charge in [0.05, 0.1) is 6.04 Å². The molecular weight excluding hydrogens is 342 g/mol. The maximum absolute atomic E-state index is 12.9. The number of hydrogen-bond donors (Lipinski definition) is 2. The van der Waals surface area contributed by atoms with E-state index >= 15 is 0 Å². The normalized spacial score (nSPS) is 21.0. The number of benzene rings is 1. The van der Waals surface area contributed by atoms with Crippen LogP contribution in [0.2, 0.25) is 0 Å². The highest BCUT2D eigenvalue weighted by molar-refractivity contribution is 6.09. The molecule has 0 unspecified atom stereocenters. The third-order valence-corrected chi connectivity index (χ3v) is 5.61. The van der Waals surface area contributed by atoms with Crippen LogP contribution in [-0.2, 0) is 16.0 Å². The van der Waals surface area contributed by atoms with Crippen molar-refractivity contribution in [2.45, 2.75) is 70.4 Å². The zero-order valence-electron chi connectivity index (χ0n) is 16.2. The second-order valence-electron chi connectivity index (χ2n) is 7.61. The fourth-order valence-electron chi connectivity index (χ4n) is 4.42. The van der Waals surface area contributed by atoms with E-state index in [0.29, 0.717) is 12.8 Å². The van der Waals surface area contributed by atoms with Crippen molar-refractivity contribution in [1.82, 2.24) is 15.5 Å². The van der Waals surface area contributed by atoms with Gasteiger partial charge in [-0.05, 0) is 43.2 Å². The van der Waals surface area contributed by atoms with Gasteiger partial charge in [0.1, 0.15) is 12.1 Å². The molecule has 4 amide bonds. The van der Waals surface area contributed by atoms with E-state index in [0.717, 1.165) is 42.6 Å².